The number of imide groups is 1. The number of amides is 4. The molecule has 194 valence electrons. The predicted molar refractivity (Wildman–Crippen MR) is 134 cm³/mol. The van der Waals surface area contributed by atoms with Crippen molar-refractivity contribution in [2.24, 2.45) is 17.6 Å². The number of carbonyl (C=O) groups excluding carboxylic acids is 4. The molecule has 0 radical (unpaired) electrons. The van der Waals surface area contributed by atoms with Gasteiger partial charge in [-0.15, -0.1) is 0 Å². The van der Waals surface area contributed by atoms with Crippen molar-refractivity contribution in [3.8, 4) is 11.5 Å². The Bertz CT molecular complexity index is 1320. The number of rotatable bonds is 8. The summed E-state index contributed by atoms with van der Waals surface area (Å²) in [6, 6.07) is 9.87. The van der Waals surface area contributed by atoms with Gasteiger partial charge in [-0.25, -0.2) is 0 Å². The second kappa shape index (κ2) is 9.35. The Balaban J connectivity index is 1.48. The summed E-state index contributed by atoms with van der Waals surface area (Å²) in [6.07, 6.45) is 0.607. The largest absolute Gasteiger partial charge is 0.493 e. The number of benzene rings is 2. The molecule has 4 N–H and O–H groups in total. The van der Waals surface area contributed by atoms with Crippen molar-refractivity contribution in [3.05, 3.63) is 52.5 Å². The molecule has 2 saturated heterocycles. The van der Waals surface area contributed by atoms with Crippen LogP contribution in [-0.2, 0) is 31.1 Å². The molecule has 0 saturated carbocycles. The standard InChI is InChI=1S/C26H27ClN4O6/c1-36-17-8-6-13(12-18(17)37-2)10-11-31-23(33)20-16(7-9-19(28)32)30-26(21(20)24(31)34)14-4-3-5-15(27)22(14)29-25(26)35/h3-6,8,12,16,20-21,30H,7,9-11H2,1-2H3,(H2,28,32)(H,29,35)/t16-,20+,21+,26+/m1/s1. The fraction of sp³-hybridized carbons (Fsp3) is 0.385. The number of nitrogens with one attached hydrogen (secondary N) is 2. The predicted octanol–water partition coefficient (Wildman–Crippen LogP) is 1.59. The summed E-state index contributed by atoms with van der Waals surface area (Å²) >= 11 is 6.35. The highest BCUT2D eigenvalue weighted by atomic mass is 35.5. The molecule has 3 aliphatic rings. The van der Waals surface area contributed by atoms with Crippen LogP contribution in [0, 0.1) is 11.8 Å². The minimum absolute atomic E-state index is 0.00804. The number of carbonyl (C=O) groups is 4. The molecule has 3 aliphatic heterocycles. The molecule has 2 aromatic rings. The van der Waals surface area contributed by atoms with E-state index in [2.05, 4.69) is 10.6 Å². The van der Waals surface area contributed by atoms with E-state index in [0.717, 1.165) is 5.56 Å². The zero-order valence-electron chi connectivity index (χ0n) is 20.4. The smallest absolute Gasteiger partial charge is 0.250 e. The quantitative estimate of drug-likeness (QED) is 0.444. The summed E-state index contributed by atoms with van der Waals surface area (Å²) < 4.78 is 10.6. The lowest BCUT2D eigenvalue weighted by atomic mass is 9.76. The van der Waals surface area contributed by atoms with Crippen molar-refractivity contribution in [3.63, 3.8) is 0 Å². The van der Waals surface area contributed by atoms with Gasteiger partial charge in [0.05, 0.1) is 36.8 Å². The van der Waals surface area contributed by atoms with Gasteiger partial charge in [0.25, 0.3) is 0 Å². The van der Waals surface area contributed by atoms with E-state index in [0.29, 0.717) is 34.2 Å². The van der Waals surface area contributed by atoms with E-state index in [1.807, 2.05) is 6.07 Å². The number of methoxy groups -OCH3 is 2. The van der Waals surface area contributed by atoms with Gasteiger partial charge in [-0.3, -0.25) is 29.4 Å². The van der Waals surface area contributed by atoms with Gasteiger partial charge in [-0.1, -0.05) is 29.8 Å². The molecule has 0 unspecified atom stereocenters. The molecule has 0 aromatic heterocycles. The Hall–Kier alpha value is -3.63. The third-order valence-electron chi connectivity index (χ3n) is 7.56. The topological polar surface area (TPSA) is 140 Å². The first-order valence-corrected chi connectivity index (χ1v) is 12.3. The Kier molecular flexibility index (Phi) is 6.33. The average Bonchev–Trinajstić information content (AvgIpc) is 3.46. The molecule has 0 aliphatic carbocycles. The van der Waals surface area contributed by atoms with Crippen molar-refractivity contribution in [2.75, 3.05) is 26.1 Å². The molecular formula is C26H27ClN4O6. The van der Waals surface area contributed by atoms with Crippen molar-refractivity contribution >= 4 is 40.9 Å². The SMILES string of the molecule is COc1ccc(CCN2C(=O)[C@@H]3[C@@H](C2=O)[C@]2(N[C@@H]3CCC(N)=O)C(=O)Nc3c(Cl)cccc32)cc1OC. The Morgan fingerprint density at radius 1 is 1.11 bits per heavy atom. The molecule has 37 heavy (non-hydrogen) atoms. The molecule has 4 amide bonds. The molecule has 3 heterocycles. The summed E-state index contributed by atoms with van der Waals surface area (Å²) in [5, 5.41) is 6.39. The Morgan fingerprint density at radius 3 is 2.57 bits per heavy atom. The van der Waals surface area contributed by atoms with Crippen LogP contribution in [0.25, 0.3) is 0 Å². The van der Waals surface area contributed by atoms with Gasteiger partial charge in [-0.05, 0) is 36.6 Å². The molecule has 1 spiro atoms. The van der Waals surface area contributed by atoms with E-state index in [9.17, 15) is 19.2 Å². The summed E-state index contributed by atoms with van der Waals surface area (Å²) in [7, 11) is 3.08. The fourth-order valence-electron chi connectivity index (χ4n) is 5.90. The van der Waals surface area contributed by atoms with Crippen LogP contribution in [0.15, 0.2) is 36.4 Å². The van der Waals surface area contributed by atoms with Crippen LogP contribution < -0.4 is 25.8 Å². The number of fused-ring (bicyclic) bond motifs is 4. The van der Waals surface area contributed by atoms with Gasteiger partial charge in [0.2, 0.25) is 23.6 Å². The monoisotopic (exact) mass is 526 g/mol. The second-order valence-corrected chi connectivity index (χ2v) is 9.86. The number of nitrogens with two attached hydrogens (primary N) is 1. The van der Waals surface area contributed by atoms with E-state index < -0.39 is 41.1 Å². The number of primary amides is 1. The number of anilines is 1. The number of para-hydroxylation sites is 1. The van der Waals surface area contributed by atoms with Crippen LogP contribution in [0.2, 0.25) is 5.02 Å². The molecule has 2 aromatic carbocycles. The summed E-state index contributed by atoms with van der Waals surface area (Å²) in [4.78, 5) is 53.8. The lowest BCUT2D eigenvalue weighted by molar-refractivity contribution is -0.142. The highest BCUT2D eigenvalue weighted by Crippen LogP contribution is 2.54. The number of hydrogen-bond acceptors (Lipinski definition) is 7. The molecular weight excluding hydrogens is 500 g/mol. The highest BCUT2D eigenvalue weighted by Gasteiger charge is 2.70. The van der Waals surface area contributed by atoms with Crippen LogP contribution in [0.4, 0.5) is 5.69 Å². The number of nitrogens with zero attached hydrogens (tertiary/aromatic N) is 1. The number of likely N-dealkylation sites (tertiary alicyclic amines) is 1. The Morgan fingerprint density at radius 2 is 1.86 bits per heavy atom. The highest BCUT2D eigenvalue weighted by molar-refractivity contribution is 6.35. The van der Waals surface area contributed by atoms with Gasteiger partial charge < -0.3 is 20.5 Å². The average molecular weight is 527 g/mol. The van der Waals surface area contributed by atoms with Gasteiger partial charge in [0.1, 0.15) is 5.54 Å². The summed E-state index contributed by atoms with van der Waals surface area (Å²) in [6.45, 7) is 0.128. The number of ether oxygens (including phenoxy) is 2. The third kappa shape index (κ3) is 3.82. The van der Waals surface area contributed by atoms with Gasteiger partial charge in [0, 0.05) is 24.6 Å². The van der Waals surface area contributed by atoms with Crippen LogP contribution in [0.1, 0.15) is 24.0 Å². The normalized spacial score (nSPS) is 25.9. The molecule has 4 atom stereocenters. The molecule has 11 heteroatoms. The van der Waals surface area contributed by atoms with Crippen molar-refractivity contribution in [1.82, 2.24) is 10.2 Å². The maximum absolute atomic E-state index is 13.8. The van der Waals surface area contributed by atoms with Crippen LogP contribution in [0.5, 0.6) is 11.5 Å². The molecule has 10 nitrogen and oxygen atoms in total. The zero-order chi connectivity index (χ0) is 26.5. The lowest BCUT2D eigenvalue weighted by Crippen LogP contribution is -2.53. The first-order chi connectivity index (χ1) is 17.7. The van der Waals surface area contributed by atoms with Crippen molar-refractivity contribution in [2.45, 2.75) is 30.8 Å². The second-order valence-electron chi connectivity index (χ2n) is 9.45. The van der Waals surface area contributed by atoms with E-state index in [1.54, 1.807) is 37.4 Å². The van der Waals surface area contributed by atoms with Crippen LogP contribution >= 0.6 is 11.6 Å². The fourth-order valence-corrected chi connectivity index (χ4v) is 6.12. The summed E-state index contributed by atoms with van der Waals surface area (Å²) in [5.74, 6) is -2.48. The van der Waals surface area contributed by atoms with Crippen molar-refractivity contribution in [1.29, 1.82) is 0 Å². The van der Waals surface area contributed by atoms with E-state index in [1.165, 1.54) is 12.0 Å². The molecule has 5 rings (SSSR count). The number of hydrogen-bond donors (Lipinski definition) is 3. The van der Waals surface area contributed by atoms with Gasteiger partial charge in [0.15, 0.2) is 11.5 Å². The zero-order valence-corrected chi connectivity index (χ0v) is 21.1. The third-order valence-corrected chi connectivity index (χ3v) is 7.88. The molecule has 2 fully saturated rings. The lowest BCUT2D eigenvalue weighted by Gasteiger charge is -2.29. The minimum Gasteiger partial charge on any atom is -0.493 e. The maximum Gasteiger partial charge on any atom is 0.250 e. The summed E-state index contributed by atoms with van der Waals surface area (Å²) in [5.41, 5.74) is 5.69. The molecule has 0 bridgehead atoms. The first-order valence-electron chi connectivity index (χ1n) is 12.0. The Labute approximate surface area is 218 Å². The van der Waals surface area contributed by atoms with E-state index >= 15 is 0 Å². The van der Waals surface area contributed by atoms with Crippen LogP contribution in [0.3, 0.4) is 0 Å². The first kappa shape index (κ1) is 25.0. The van der Waals surface area contributed by atoms with Gasteiger partial charge in [-0.2, -0.15) is 0 Å². The van der Waals surface area contributed by atoms with E-state index in [-0.39, 0.29) is 25.3 Å². The van der Waals surface area contributed by atoms with Crippen LogP contribution in [-0.4, -0.2) is 55.3 Å². The number of halogens is 1. The maximum atomic E-state index is 13.8. The van der Waals surface area contributed by atoms with E-state index in [4.69, 9.17) is 26.8 Å². The van der Waals surface area contributed by atoms with Gasteiger partial charge >= 0.3 is 0 Å². The van der Waals surface area contributed by atoms with Crippen molar-refractivity contribution < 1.29 is 28.7 Å². The minimum atomic E-state index is -1.47.